The Labute approximate surface area is 256 Å². The van der Waals surface area contributed by atoms with Crippen molar-refractivity contribution in [1.82, 2.24) is 15.2 Å². The van der Waals surface area contributed by atoms with E-state index in [2.05, 4.69) is 10.3 Å². The summed E-state index contributed by atoms with van der Waals surface area (Å²) in [4.78, 5) is 31.7. The molecule has 3 aromatic rings. The first-order valence-electron chi connectivity index (χ1n) is 14.2. The molecule has 0 bridgehead atoms. The highest BCUT2D eigenvalue weighted by molar-refractivity contribution is 6.07. The smallest absolute Gasteiger partial charge is 0.430 e. The Balaban J connectivity index is 1.62. The van der Waals surface area contributed by atoms with Crippen molar-refractivity contribution in [3.05, 3.63) is 88.1 Å². The zero-order valence-corrected chi connectivity index (χ0v) is 25.2. The molecule has 7 nitrogen and oxygen atoms in total. The molecule has 1 atom stereocenters. The lowest BCUT2D eigenvalue weighted by molar-refractivity contribution is -0.376. The van der Waals surface area contributed by atoms with Gasteiger partial charge in [-0.15, -0.1) is 0 Å². The van der Waals surface area contributed by atoms with Gasteiger partial charge in [0.1, 0.15) is 11.3 Å². The van der Waals surface area contributed by atoms with E-state index in [9.17, 15) is 41.0 Å². The van der Waals surface area contributed by atoms with Crippen LogP contribution in [0.4, 0.5) is 31.1 Å². The van der Waals surface area contributed by atoms with Gasteiger partial charge in [-0.1, -0.05) is 57.5 Å². The fourth-order valence-corrected chi connectivity index (χ4v) is 5.15. The van der Waals surface area contributed by atoms with E-state index in [0.717, 1.165) is 16.5 Å². The lowest BCUT2D eigenvalue weighted by Gasteiger charge is -2.33. The second-order valence-electron chi connectivity index (χ2n) is 11.6. The number of halogens is 6. The number of imide groups is 1. The lowest BCUT2D eigenvalue weighted by atomic mass is 9.90. The van der Waals surface area contributed by atoms with Crippen LogP contribution < -0.4 is 10.1 Å². The molecule has 4 rings (SSSR count). The Bertz CT molecular complexity index is 1570. The van der Waals surface area contributed by atoms with E-state index in [-0.39, 0.29) is 36.1 Å². The number of aliphatic hydroxyl groups is 1. The molecule has 1 unspecified atom stereocenters. The Morgan fingerprint density at radius 2 is 1.60 bits per heavy atom. The van der Waals surface area contributed by atoms with E-state index in [1.807, 2.05) is 26.0 Å². The number of hydrogen-bond donors (Lipinski definition) is 2. The van der Waals surface area contributed by atoms with E-state index in [4.69, 9.17) is 4.74 Å². The van der Waals surface area contributed by atoms with E-state index in [1.165, 1.54) is 12.3 Å². The van der Waals surface area contributed by atoms with E-state index >= 15 is 0 Å². The third kappa shape index (κ3) is 6.22. The van der Waals surface area contributed by atoms with Crippen molar-refractivity contribution in [3.63, 3.8) is 0 Å². The van der Waals surface area contributed by atoms with Crippen molar-refractivity contribution in [1.29, 1.82) is 0 Å². The van der Waals surface area contributed by atoms with Gasteiger partial charge in [0, 0.05) is 17.8 Å². The lowest BCUT2D eigenvalue weighted by Crippen LogP contribution is -2.53. The Morgan fingerprint density at radius 1 is 0.978 bits per heavy atom. The highest BCUT2D eigenvalue weighted by Crippen LogP contribution is 2.50. The number of benzene rings is 2. The third-order valence-corrected chi connectivity index (χ3v) is 7.98. The van der Waals surface area contributed by atoms with Crippen LogP contribution in [0.1, 0.15) is 73.4 Å². The van der Waals surface area contributed by atoms with Crippen LogP contribution in [-0.4, -0.2) is 39.3 Å². The average Bonchev–Trinajstić information content (AvgIpc) is 3.17. The van der Waals surface area contributed by atoms with Crippen LogP contribution >= 0.6 is 0 Å². The maximum Gasteiger partial charge on any atom is 0.430 e. The molecule has 1 aliphatic heterocycles. The fourth-order valence-electron chi connectivity index (χ4n) is 5.15. The Kier molecular flexibility index (Phi) is 9.00. The molecule has 1 aliphatic rings. The molecule has 0 saturated carbocycles. The molecule has 13 heteroatoms. The van der Waals surface area contributed by atoms with Crippen LogP contribution in [0.15, 0.2) is 54.7 Å². The fraction of sp³-hybridized carbons (Fsp3) is 0.406. The van der Waals surface area contributed by atoms with Crippen LogP contribution in [0, 0.1) is 6.92 Å². The Hall–Kier alpha value is -4.13. The van der Waals surface area contributed by atoms with Crippen LogP contribution in [0.2, 0.25) is 0 Å². The van der Waals surface area contributed by atoms with Gasteiger partial charge in [-0.05, 0) is 66.1 Å². The topological polar surface area (TPSA) is 91.8 Å². The number of carbonyl (C=O) groups is 2. The number of urea groups is 1. The summed E-state index contributed by atoms with van der Waals surface area (Å²) in [6.07, 6.45) is -10.3. The SMILES string of the molecule is CCCc1cc(C(O)(C(F)(F)F)C(F)(F)F)ccc1Oc1cc(CN2C(=O)NC(C)(c3ccc(C(C)C)cc3)C2=O)c(C)cn1. The number of carbonyl (C=O) groups excluding carboxylic acids is 2. The molecule has 242 valence electrons. The number of ether oxygens (including phenoxy) is 1. The molecule has 2 N–H and O–H groups in total. The summed E-state index contributed by atoms with van der Waals surface area (Å²) in [6, 6.07) is 10.3. The van der Waals surface area contributed by atoms with E-state index in [0.29, 0.717) is 35.2 Å². The van der Waals surface area contributed by atoms with E-state index < -0.39 is 41.0 Å². The predicted molar refractivity (Wildman–Crippen MR) is 152 cm³/mol. The molecule has 1 fully saturated rings. The average molecular weight is 638 g/mol. The first-order valence-corrected chi connectivity index (χ1v) is 14.2. The molecule has 45 heavy (non-hydrogen) atoms. The maximum atomic E-state index is 13.5. The highest BCUT2D eigenvalue weighted by atomic mass is 19.4. The minimum atomic E-state index is -6.03. The first kappa shape index (κ1) is 33.8. The van der Waals surface area contributed by atoms with Gasteiger partial charge >= 0.3 is 18.4 Å². The van der Waals surface area contributed by atoms with Crippen LogP contribution in [0.5, 0.6) is 11.6 Å². The molecule has 0 aliphatic carbocycles. The van der Waals surface area contributed by atoms with Gasteiger partial charge in [-0.25, -0.2) is 9.78 Å². The molecule has 1 saturated heterocycles. The molecule has 0 radical (unpaired) electrons. The summed E-state index contributed by atoms with van der Waals surface area (Å²) in [6.45, 7) is 8.90. The van der Waals surface area contributed by atoms with Crippen molar-refractivity contribution in [3.8, 4) is 11.6 Å². The minimum Gasteiger partial charge on any atom is -0.439 e. The molecular weight excluding hydrogens is 604 g/mol. The number of alkyl halides is 6. The van der Waals surface area contributed by atoms with Gasteiger partial charge in [0.15, 0.2) is 0 Å². The van der Waals surface area contributed by atoms with Gasteiger partial charge in [-0.2, -0.15) is 26.3 Å². The summed E-state index contributed by atoms with van der Waals surface area (Å²) in [7, 11) is 0. The normalized spacial score (nSPS) is 17.7. The molecular formula is C32H33F6N3O4. The Morgan fingerprint density at radius 3 is 2.16 bits per heavy atom. The van der Waals surface area contributed by atoms with Gasteiger partial charge in [-0.3, -0.25) is 9.69 Å². The molecule has 2 heterocycles. The second-order valence-corrected chi connectivity index (χ2v) is 11.6. The van der Waals surface area contributed by atoms with Crippen LogP contribution in [-0.2, 0) is 28.9 Å². The molecule has 0 spiro atoms. The van der Waals surface area contributed by atoms with Gasteiger partial charge < -0.3 is 15.2 Å². The van der Waals surface area contributed by atoms with Crippen LogP contribution in [0.25, 0.3) is 0 Å². The quantitative estimate of drug-likeness (QED) is 0.187. The first-order chi connectivity index (χ1) is 20.8. The maximum absolute atomic E-state index is 13.5. The number of pyridine rings is 1. The van der Waals surface area contributed by atoms with Gasteiger partial charge in [0.05, 0.1) is 6.54 Å². The number of nitrogens with zero attached hydrogens (tertiary/aromatic N) is 2. The minimum absolute atomic E-state index is 0.0146. The molecule has 2 aromatic carbocycles. The zero-order chi connectivity index (χ0) is 33.5. The van der Waals surface area contributed by atoms with Crippen molar-refractivity contribution in [2.24, 2.45) is 0 Å². The standard InChI is InChI=1S/C32H33F6N3O4/c1-6-7-21-14-24(30(44,31(33,34)35)32(36,37)38)12-13-25(21)45-26-15-22(19(4)16-39-26)17-41-27(42)29(5,40-28(41)43)23-10-8-20(9-11-23)18(2)3/h8-16,18,44H,6-7,17H2,1-5H3,(H,40,43). The molecule has 1 aromatic heterocycles. The predicted octanol–water partition coefficient (Wildman–Crippen LogP) is 7.54. The zero-order valence-electron chi connectivity index (χ0n) is 25.2. The number of aryl methyl sites for hydroxylation is 2. The molecule has 3 amide bonds. The highest BCUT2D eigenvalue weighted by Gasteiger charge is 2.71. The number of amides is 3. The number of nitrogens with one attached hydrogen (secondary N) is 1. The largest absolute Gasteiger partial charge is 0.439 e. The summed E-state index contributed by atoms with van der Waals surface area (Å²) < 4.78 is 86.7. The van der Waals surface area contributed by atoms with Crippen molar-refractivity contribution in [2.75, 3.05) is 0 Å². The van der Waals surface area contributed by atoms with Crippen molar-refractivity contribution < 1.29 is 45.8 Å². The number of hydrogen-bond acceptors (Lipinski definition) is 5. The summed E-state index contributed by atoms with van der Waals surface area (Å²) >= 11 is 0. The summed E-state index contributed by atoms with van der Waals surface area (Å²) in [5.41, 5.74) is -5.04. The number of rotatable bonds is 9. The van der Waals surface area contributed by atoms with Gasteiger partial charge in [0.25, 0.3) is 11.5 Å². The number of aromatic nitrogens is 1. The third-order valence-electron chi connectivity index (χ3n) is 7.98. The van der Waals surface area contributed by atoms with E-state index in [1.54, 1.807) is 32.9 Å². The van der Waals surface area contributed by atoms with Crippen molar-refractivity contribution >= 4 is 11.9 Å². The van der Waals surface area contributed by atoms with Gasteiger partial charge in [0.2, 0.25) is 5.88 Å². The monoisotopic (exact) mass is 637 g/mol. The van der Waals surface area contributed by atoms with Crippen LogP contribution in [0.3, 0.4) is 0 Å². The summed E-state index contributed by atoms with van der Waals surface area (Å²) in [5, 5.41) is 12.6. The summed E-state index contributed by atoms with van der Waals surface area (Å²) in [5.74, 6) is -0.336. The van der Waals surface area contributed by atoms with Crippen molar-refractivity contribution in [2.45, 2.75) is 83.4 Å². The second kappa shape index (κ2) is 12.0.